The van der Waals surface area contributed by atoms with Crippen molar-refractivity contribution >= 4 is 11.4 Å². The van der Waals surface area contributed by atoms with Gasteiger partial charge in [-0.05, 0) is 19.1 Å². The topological polar surface area (TPSA) is 70.7 Å². The molecule has 0 saturated carbocycles. The highest BCUT2D eigenvalue weighted by molar-refractivity contribution is 5.52. The molecule has 2 aromatic rings. The zero-order chi connectivity index (χ0) is 14.8. The highest BCUT2D eigenvalue weighted by Crippen LogP contribution is 2.39. The normalized spacial score (nSPS) is 12.0. The third kappa shape index (κ3) is 3.08. The van der Waals surface area contributed by atoms with Crippen molar-refractivity contribution < 1.29 is 18.3 Å². The van der Waals surface area contributed by atoms with Gasteiger partial charge in [0.25, 0.3) is 0 Å². The molecule has 104 valence electrons. The molecule has 0 amide bonds. The van der Waals surface area contributed by atoms with Crippen LogP contribution in [0.3, 0.4) is 0 Å². The smallest absolute Gasteiger partial charge is 0.435 e. The highest BCUT2D eigenvalue weighted by Gasteiger charge is 2.38. The van der Waals surface area contributed by atoms with Crippen LogP contribution in [0.5, 0.6) is 5.88 Å². The van der Waals surface area contributed by atoms with E-state index in [1.807, 2.05) is 0 Å². The summed E-state index contributed by atoms with van der Waals surface area (Å²) in [5, 5.41) is 16.5. The second kappa shape index (κ2) is 5.24. The number of aromatic nitrogens is 2. The van der Waals surface area contributed by atoms with E-state index in [4.69, 9.17) is 0 Å². The maximum Gasteiger partial charge on any atom is 0.435 e. The number of hydrogen-bond acceptors (Lipinski definition) is 5. The Labute approximate surface area is 111 Å². The molecule has 1 aromatic carbocycles. The maximum absolute atomic E-state index is 12.8. The number of benzene rings is 1. The summed E-state index contributed by atoms with van der Waals surface area (Å²) in [6.07, 6.45) is -4.75. The quantitative estimate of drug-likeness (QED) is 0.848. The fourth-order valence-electron chi connectivity index (χ4n) is 1.44. The third-order valence-electron chi connectivity index (χ3n) is 2.27. The lowest BCUT2D eigenvalue weighted by atomic mass is 10.3. The van der Waals surface area contributed by atoms with Gasteiger partial charge in [-0.1, -0.05) is 18.2 Å². The molecule has 8 heteroatoms. The van der Waals surface area contributed by atoms with E-state index in [1.165, 1.54) is 6.92 Å². The SMILES string of the molecule is Cc1nc(O)c(N=Nc2ccccc2)c(C(F)(F)F)n1. The molecular weight excluding hydrogens is 273 g/mol. The summed E-state index contributed by atoms with van der Waals surface area (Å²) in [4.78, 5) is 6.72. The van der Waals surface area contributed by atoms with Crippen LogP contribution in [0.1, 0.15) is 11.5 Å². The van der Waals surface area contributed by atoms with Gasteiger partial charge in [0.15, 0.2) is 11.4 Å². The molecule has 2 rings (SSSR count). The van der Waals surface area contributed by atoms with Gasteiger partial charge < -0.3 is 5.11 Å². The summed E-state index contributed by atoms with van der Waals surface area (Å²) in [7, 11) is 0. The molecule has 0 fully saturated rings. The van der Waals surface area contributed by atoms with Gasteiger partial charge in [0.2, 0.25) is 5.88 Å². The van der Waals surface area contributed by atoms with Crippen molar-refractivity contribution in [3.63, 3.8) is 0 Å². The van der Waals surface area contributed by atoms with E-state index in [2.05, 4.69) is 20.2 Å². The number of halogens is 3. The van der Waals surface area contributed by atoms with Crippen LogP contribution >= 0.6 is 0 Å². The Kier molecular flexibility index (Phi) is 3.64. The van der Waals surface area contributed by atoms with E-state index >= 15 is 0 Å². The predicted octanol–water partition coefficient (Wildman–Crippen LogP) is 3.92. The molecule has 0 aliphatic carbocycles. The molecule has 0 aliphatic heterocycles. The minimum atomic E-state index is -4.75. The van der Waals surface area contributed by atoms with E-state index in [0.29, 0.717) is 5.69 Å². The van der Waals surface area contributed by atoms with E-state index < -0.39 is 23.4 Å². The number of rotatable bonds is 2. The number of hydrogen-bond donors (Lipinski definition) is 1. The number of aromatic hydroxyl groups is 1. The first-order valence-corrected chi connectivity index (χ1v) is 5.49. The van der Waals surface area contributed by atoms with Gasteiger partial charge in [0.1, 0.15) is 5.82 Å². The Hall–Kier alpha value is -2.51. The Balaban J connectivity index is 2.48. The van der Waals surface area contributed by atoms with Gasteiger partial charge >= 0.3 is 6.18 Å². The number of nitrogens with zero attached hydrogens (tertiary/aromatic N) is 4. The minimum Gasteiger partial charge on any atom is -0.492 e. The minimum absolute atomic E-state index is 0.200. The first-order valence-electron chi connectivity index (χ1n) is 5.49. The van der Waals surface area contributed by atoms with Crippen molar-refractivity contribution in [1.29, 1.82) is 0 Å². The Morgan fingerprint density at radius 2 is 1.70 bits per heavy atom. The highest BCUT2D eigenvalue weighted by atomic mass is 19.4. The molecule has 1 heterocycles. The average Bonchev–Trinajstić information content (AvgIpc) is 2.37. The second-order valence-corrected chi connectivity index (χ2v) is 3.82. The van der Waals surface area contributed by atoms with Crippen LogP contribution < -0.4 is 0 Å². The summed E-state index contributed by atoms with van der Waals surface area (Å²) < 4.78 is 38.5. The Morgan fingerprint density at radius 1 is 1.05 bits per heavy atom. The summed E-state index contributed by atoms with van der Waals surface area (Å²) in [6.45, 7) is 1.24. The molecule has 0 bridgehead atoms. The van der Waals surface area contributed by atoms with Crippen LogP contribution in [-0.2, 0) is 6.18 Å². The van der Waals surface area contributed by atoms with Crippen molar-refractivity contribution in [2.75, 3.05) is 0 Å². The second-order valence-electron chi connectivity index (χ2n) is 3.82. The lowest BCUT2D eigenvalue weighted by Gasteiger charge is -2.09. The molecule has 1 aromatic heterocycles. The Bertz CT molecular complexity index is 641. The van der Waals surface area contributed by atoms with Gasteiger partial charge in [0.05, 0.1) is 5.69 Å². The van der Waals surface area contributed by atoms with Gasteiger partial charge in [-0.15, -0.1) is 5.11 Å². The van der Waals surface area contributed by atoms with Gasteiger partial charge in [-0.3, -0.25) is 0 Å². The molecule has 0 radical (unpaired) electrons. The Morgan fingerprint density at radius 3 is 2.30 bits per heavy atom. The van der Waals surface area contributed by atoms with Crippen molar-refractivity contribution in [2.45, 2.75) is 13.1 Å². The summed E-state index contributed by atoms with van der Waals surface area (Å²) >= 11 is 0. The van der Waals surface area contributed by atoms with Gasteiger partial charge in [0, 0.05) is 0 Å². The maximum atomic E-state index is 12.8. The van der Waals surface area contributed by atoms with Gasteiger partial charge in [-0.25, -0.2) is 4.98 Å². The molecule has 20 heavy (non-hydrogen) atoms. The first kappa shape index (κ1) is 13.9. The molecule has 0 saturated heterocycles. The monoisotopic (exact) mass is 282 g/mol. The number of alkyl halides is 3. The fourth-order valence-corrected chi connectivity index (χ4v) is 1.44. The van der Waals surface area contributed by atoms with Crippen molar-refractivity contribution in [1.82, 2.24) is 9.97 Å². The van der Waals surface area contributed by atoms with Crippen molar-refractivity contribution in [2.24, 2.45) is 10.2 Å². The van der Waals surface area contributed by atoms with Crippen LogP contribution in [0.25, 0.3) is 0 Å². The molecule has 0 aliphatic rings. The average molecular weight is 282 g/mol. The molecule has 5 nitrogen and oxygen atoms in total. The van der Waals surface area contributed by atoms with Crippen LogP contribution in [0, 0.1) is 6.92 Å². The molecule has 0 unspecified atom stereocenters. The van der Waals surface area contributed by atoms with E-state index in [1.54, 1.807) is 30.3 Å². The fraction of sp³-hybridized carbons (Fsp3) is 0.167. The zero-order valence-corrected chi connectivity index (χ0v) is 10.3. The van der Waals surface area contributed by atoms with E-state index in [9.17, 15) is 18.3 Å². The summed E-state index contributed by atoms with van der Waals surface area (Å²) in [5.41, 5.74) is -1.77. The standard InChI is InChI=1S/C12H9F3N4O/c1-7-16-10(12(13,14)15)9(11(20)17-7)19-18-8-5-3-2-4-6-8/h2-6H,1H3,(H,16,17,20). The number of aryl methyl sites for hydroxylation is 1. The van der Waals surface area contributed by atoms with E-state index in [0.717, 1.165) is 0 Å². The van der Waals surface area contributed by atoms with Crippen molar-refractivity contribution in [3.8, 4) is 5.88 Å². The third-order valence-corrected chi connectivity index (χ3v) is 2.27. The largest absolute Gasteiger partial charge is 0.492 e. The van der Waals surface area contributed by atoms with Crippen molar-refractivity contribution in [3.05, 3.63) is 41.9 Å². The first-order chi connectivity index (χ1) is 9.38. The molecular formula is C12H9F3N4O. The summed E-state index contributed by atoms with van der Waals surface area (Å²) in [5.74, 6) is -1.06. The van der Waals surface area contributed by atoms with Crippen LogP contribution in [0.2, 0.25) is 0 Å². The van der Waals surface area contributed by atoms with Crippen LogP contribution in [0.4, 0.5) is 24.5 Å². The zero-order valence-electron chi connectivity index (χ0n) is 10.3. The number of azo groups is 1. The van der Waals surface area contributed by atoms with Crippen LogP contribution in [-0.4, -0.2) is 15.1 Å². The predicted molar refractivity (Wildman–Crippen MR) is 64.1 cm³/mol. The van der Waals surface area contributed by atoms with Gasteiger partial charge in [-0.2, -0.15) is 23.3 Å². The molecule has 0 atom stereocenters. The van der Waals surface area contributed by atoms with E-state index in [-0.39, 0.29) is 5.82 Å². The lowest BCUT2D eigenvalue weighted by molar-refractivity contribution is -0.140. The molecule has 1 N–H and O–H groups in total. The van der Waals surface area contributed by atoms with Crippen LogP contribution in [0.15, 0.2) is 40.6 Å². The molecule has 0 spiro atoms. The summed E-state index contributed by atoms with van der Waals surface area (Å²) in [6, 6.07) is 8.16. The lowest BCUT2D eigenvalue weighted by Crippen LogP contribution is -2.10.